The predicted octanol–water partition coefficient (Wildman–Crippen LogP) is 10.7. The van der Waals surface area contributed by atoms with Crippen molar-refractivity contribution in [3.63, 3.8) is 0 Å². The summed E-state index contributed by atoms with van der Waals surface area (Å²) in [6, 6.07) is 36.6. The molecule has 69 heavy (non-hydrogen) atoms. The Morgan fingerprint density at radius 1 is 0.623 bits per heavy atom. The molecule has 2 aliphatic rings. The van der Waals surface area contributed by atoms with E-state index in [9.17, 15) is 26.3 Å². The quantitative estimate of drug-likeness (QED) is 0.0723. The van der Waals surface area contributed by atoms with Crippen LogP contribution in [0.5, 0.6) is 0 Å². The third-order valence-electron chi connectivity index (χ3n) is 11.1. The molecule has 4 aromatic carbocycles. The Kier molecular flexibility index (Phi) is 23.9. The summed E-state index contributed by atoms with van der Waals surface area (Å²) in [5.41, 5.74) is 16.4. The molecule has 0 unspecified atom stereocenters. The summed E-state index contributed by atoms with van der Waals surface area (Å²) in [5, 5.41) is 3.74. The highest BCUT2D eigenvalue weighted by Gasteiger charge is 2.28. The van der Waals surface area contributed by atoms with Crippen LogP contribution in [0.25, 0.3) is 22.1 Å². The van der Waals surface area contributed by atoms with E-state index >= 15 is 0 Å². The molecule has 2 aromatic heterocycles. The minimum absolute atomic E-state index is 0.00355. The van der Waals surface area contributed by atoms with Crippen molar-refractivity contribution < 1.29 is 26.3 Å². The molecule has 6 radical (unpaired) electrons. The molecule has 0 atom stereocenters. The number of nitrogens with two attached hydrogens (primary N) is 1. The van der Waals surface area contributed by atoms with Gasteiger partial charge in [0.1, 0.15) is 0 Å². The lowest BCUT2D eigenvalue weighted by Crippen LogP contribution is -2.39. The zero-order valence-electron chi connectivity index (χ0n) is 39.0. The van der Waals surface area contributed by atoms with E-state index in [1.54, 1.807) is 22.8 Å². The molecular weight excluding hydrogens is 905 g/mol. The fourth-order valence-corrected chi connectivity index (χ4v) is 8.02. The van der Waals surface area contributed by atoms with Crippen LogP contribution in [0.1, 0.15) is 62.5 Å². The number of halogens is 7. The molecule has 0 aliphatic carbocycles. The van der Waals surface area contributed by atoms with Crippen molar-refractivity contribution in [3.05, 3.63) is 150 Å². The number of nitrogens with one attached hydrogen (secondary N) is 1. The van der Waals surface area contributed by atoms with E-state index in [1.807, 2.05) is 41.0 Å². The van der Waals surface area contributed by atoms with Crippen molar-refractivity contribution >= 4 is 69.2 Å². The Hall–Kier alpha value is -5.07. The number of anilines is 1. The molecule has 6 aromatic rings. The fraction of sp³-hybridized carbons (Fsp3) is 0.400. The van der Waals surface area contributed by atoms with Crippen molar-refractivity contribution in [2.24, 2.45) is 5.73 Å². The lowest BCUT2D eigenvalue weighted by Gasteiger charge is -2.32. The summed E-state index contributed by atoms with van der Waals surface area (Å²) in [5.74, 6) is 0.680. The van der Waals surface area contributed by atoms with Crippen LogP contribution in [0.15, 0.2) is 134 Å². The van der Waals surface area contributed by atoms with Gasteiger partial charge in [-0.3, -0.25) is 9.80 Å². The lowest BCUT2D eigenvalue weighted by molar-refractivity contribution is -0.136. The normalized spacial score (nSPS) is 14.6. The highest BCUT2D eigenvalue weighted by molar-refractivity contribution is 7.49. The molecule has 2 aliphatic heterocycles. The van der Waals surface area contributed by atoms with Crippen molar-refractivity contribution in [2.45, 2.75) is 102 Å². The third kappa shape index (κ3) is 21.6. The number of aromatic nitrogens is 4. The minimum atomic E-state index is -4.13. The maximum Gasteiger partial charge on any atom is 0.389 e. The number of para-hydroxylation sites is 4. The number of aryl methyl sites for hydroxylation is 2. The molecule has 0 bridgehead atoms. The summed E-state index contributed by atoms with van der Waals surface area (Å²) in [6.45, 7) is 13.2. The van der Waals surface area contributed by atoms with Crippen molar-refractivity contribution in [1.29, 1.82) is 0 Å². The van der Waals surface area contributed by atoms with Gasteiger partial charge in [0.25, 0.3) is 0 Å². The number of piperidine rings is 2. The van der Waals surface area contributed by atoms with Gasteiger partial charge < -0.3 is 20.2 Å². The van der Waals surface area contributed by atoms with Crippen LogP contribution in [-0.4, -0.2) is 109 Å². The average molecular weight is 965 g/mol. The topological polar surface area (TPSA) is 80.2 Å². The zero-order chi connectivity index (χ0) is 50.2. The first-order valence-electron chi connectivity index (χ1n) is 23.0. The summed E-state index contributed by atoms with van der Waals surface area (Å²) < 4.78 is 77.5. The van der Waals surface area contributed by atoms with E-state index in [-0.39, 0.29) is 30.7 Å². The maximum atomic E-state index is 12.6. The van der Waals surface area contributed by atoms with Crippen molar-refractivity contribution in [2.75, 3.05) is 31.5 Å². The molecule has 8 rings (SSSR count). The monoisotopic (exact) mass is 964 g/mol. The molecule has 0 spiro atoms. The summed E-state index contributed by atoms with van der Waals surface area (Å²) in [4.78, 5) is 13.7. The first-order chi connectivity index (χ1) is 32.9. The predicted molar refractivity (Wildman–Crippen MR) is 274 cm³/mol. The molecule has 0 amide bonds. The highest BCUT2D eigenvalue weighted by atomic mass is 35.5. The number of fused-ring (bicyclic) bond motifs is 2. The number of alkyl halides is 6. The van der Waals surface area contributed by atoms with Crippen LogP contribution in [0.4, 0.5) is 32.3 Å². The molecule has 19 heteroatoms. The zero-order valence-corrected chi connectivity index (χ0v) is 39.7. The van der Waals surface area contributed by atoms with Gasteiger partial charge in [0, 0.05) is 93.8 Å². The SMILES string of the molecule is C=C=C=C.FC(F)(F)CCCn1c(Cl)nc2ccccc21.FC(F)(F)CCCn1c(NC2CCN(Cc3ccccc3)CC2)nc2ccccc21.NC1CCN(Cc2ccccc2)CC1.[B]B([B])[B]. The van der Waals surface area contributed by atoms with Gasteiger partial charge in [0.2, 0.25) is 11.2 Å². The second-order valence-corrected chi connectivity index (χ2v) is 17.1. The van der Waals surface area contributed by atoms with E-state index in [0.717, 1.165) is 81.5 Å². The van der Waals surface area contributed by atoms with Gasteiger partial charge in [-0.05, 0) is 112 Å². The Morgan fingerprint density at radius 2 is 1.01 bits per heavy atom. The fourth-order valence-electron chi connectivity index (χ4n) is 7.76. The first kappa shape index (κ1) is 56.5. The molecule has 2 saturated heterocycles. The Bertz CT molecular complexity index is 2430. The molecule has 8 nitrogen and oxygen atoms in total. The Labute approximate surface area is 412 Å². The van der Waals surface area contributed by atoms with Gasteiger partial charge in [0.05, 0.1) is 22.1 Å². The number of hydrogen-bond donors (Lipinski definition) is 2. The first-order valence-corrected chi connectivity index (χ1v) is 23.4. The molecule has 4 heterocycles. The van der Waals surface area contributed by atoms with Crippen LogP contribution >= 0.6 is 11.6 Å². The molecule has 360 valence electrons. The number of hydrogen-bond acceptors (Lipinski definition) is 6. The van der Waals surface area contributed by atoms with Gasteiger partial charge in [-0.15, -0.1) is 0 Å². The molecule has 3 N–H and O–H groups in total. The lowest BCUT2D eigenvalue weighted by atomic mass is 9.08. The average Bonchev–Trinajstić information content (AvgIpc) is 3.83. The number of rotatable bonds is 12. The largest absolute Gasteiger partial charge is 0.389 e. The van der Waals surface area contributed by atoms with E-state index in [4.69, 9.17) is 17.3 Å². The van der Waals surface area contributed by atoms with E-state index in [1.165, 1.54) is 11.1 Å². The van der Waals surface area contributed by atoms with Crippen LogP contribution in [-0.2, 0) is 26.2 Å². The van der Waals surface area contributed by atoms with Gasteiger partial charge in [0.15, 0.2) is 0 Å². The van der Waals surface area contributed by atoms with Crippen molar-refractivity contribution in [3.8, 4) is 0 Å². The van der Waals surface area contributed by atoms with Gasteiger partial charge in [-0.2, -0.15) is 26.3 Å². The summed E-state index contributed by atoms with van der Waals surface area (Å²) in [7, 11) is 14.0. The van der Waals surface area contributed by atoms with Gasteiger partial charge in [-0.25, -0.2) is 9.97 Å². The van der Waals surface area contributed by atoms with Crippen LogP contribution in [0.3, 0.4) is 0 Å². The van der Waals surface area contributed by atoms with Gasteiger partial charge in [-0.1, -0.05) is 96.4 Å². The number of nitrogens with zero attached hydrogens (tertiary/aromatic N) is 6. The summed E-state index contributed by atoms with van der Waals surface area (Å²) in [6.07, 6.45) is -6.19. The van der Waals surface area contributed by atoms with Gasteiger partial charge >= 0.3 is 12.4 Å². The Balaban J connectivity index is 0.000000224. The molecule has 2 fully saturated rings. The number of likely N-dealkylation sites (tertiary alicyclic amines) is 2. The standard InChI is InChI=1S/C23H27F3N4.C12H18N2.C11H10ClF3N2.C4H4.B4/c24-23(25,26)13-6-14-30-21-10-5-4-9-20(21)28-22(30)27-19-11-15-29(16-12-19)17-18-7-2-1-3-8-18;13-12-6-8-14(9-7-12)10-11-4-2-1-3-5-11;12-10-16-8-4-1-2-5-9(8)17(10)7-3-6-11(13,14)15;1-3-4-2;1-4(2)3/h1-5,7-10,19H,6,11-17H2,(H,27,28);1-5,12H,6-10,13H2;1-2,4-5H,3,6-7H2;1-2H2;. The van der Waals surface area contributed by atoms with Crippen LogP contribution in [0.2, 0.25) is 5.28 Å². The number of imidazole rings is 2. The maximum absolute atomic E-state index is 12.6. The minimum Gasteiger partial charge on any atom is -0.353 e. The van der Waals surface area contributed by atoms with E-state index in [2.05, 4.69) is 128 Å². The Morgan fingerprint density at radius 3 is 1.46 bits per heavy atom. The highest BCUT2D eigenvalue weighted by Crippen LogP contribution is 2.27. The van der Waals surface area contributed by atoms with Crippen molar-refractivity contribution in [1.82, 2.24) is 28.9 Å². The third-order valence-corrected chi connectivity index (χ3v) is 11.4. The second-order valence-electron chi connectivity index (χ2n) is 16.7. The smallest absolute Gasteiger partial charge is 0.353 e. The van der Waals surface area contributed by atoms with E-state index < -0.39 is 31.6 Å². The molecular formula is C50H59B4ClF6N8. The summed E-state index contributed by atoms with van der Waals surface area (Å²) >= 11 is 5.89. The second kappa shape index (κ2) is 29.2. The molecule has 0 saturated carbocycles. The van der Waals surface area contributed by atoms with Crippen LogP contribution in [0, 0.1) is 0 Å². The van der Waals surface area contributed by atoms with Crippen LogP contribution < -0.4 is 11.1 Å². The van der Waals surface area contributed by atoms with E-state index in [0.29, 0.717) is 24.1 Å². The number of benzene rings is 4.